The van der Waals surface area contributed by atoms with E-state index < -0.39 is 6.09 Å². The van der Waals surface area contributed by atoms with E-state index in [2.05, 4.69) is 38.1 Å². The van der Waals surface area contributed by atoms with E-state index in [9.17, 15) is 9.59 Å². The van der Waals surface area contributed by atoms with Crippen LogP contribution >= 0.6 is 0 Å². The minimum atomic E-state index is -0.409. The third kappa shape index (κ3) is 8.34. The first kappa shape index (κ1) is 28.7. The molecule has 9 nitrogen and oxygen atoms in total. The molecule has 0 radical (unpaired) electrons. The van der Waals surface area contributed by atoms with Gasteiger partial charge in [0.15, 0.2) is 0 Å². The van der Waals surface area contributed by atoms with Gasteiger partial charge in [0.05, 0.1) is 11.9 Å². The molecule has 0 aliphatic carbocycles. The van der Waals surface area contributed by atoms with Crippen LogP contribution in [-0.2, 0) is 13.0 Å². The van der Waals surface area contributed by atoms with E-state index in [0.29, 0.717) is 24.3 Å². The first-order valence-electron chi connectivity index (χ1n) is 14.6. The Morgan fingerprint density at radius 2 is 1.78 bits per heavy atom. The van der Waals surface area contributed by atoms with Crippen LogP contribution in [0.15, 0.2) is 60.8 Å². The van der Waals surface area contributed by atoms with Gasteiger partial charge in [0.25, 0.3) is 5.91 Å². The molecule has 1 unspecified atom stereocenters. The van der Waals surface area contributed by atoms with Crippen molar-refractivity contribution in [2.45, 2.75) is 39.7 Å². The third-order valence-electron chi connectivity index (χ3n) is 7.81. The second-order valence-corrected chi connectivity index (χ2v) is 11.2. The van der Waals surface area contributed by atoms with E-state index in [-0.39, 0.29) is 11.8 Å². The van der Waals surface area contributed by atoms with E-state index >= 15 is 0 Å². The number of anilines is 1. The van der Waals surface area contributed by atoms with Crippen molar-refractivity contribution in [1.29, 1.82) is 0 Å². The number of piperazine rings is 1. The molecule has 2 amide bonds. The highest BCUT2D eigenvalue weighted by Gasteiger charge is 2.23. The summed E-state index contributed by atoms with van der Waals surface area (Å²) in [5, 5.41) is 2.87. The number of hydrogen-bond acceptors (Lipinski definition) is 7. The van der Waals surface area contributed by atoms with Gasteiger partial charge in [0, 0.05) is 75.3 Å². The van der Waals surface area contributed by atoms with Crippen molar-refractivity contribution >= 4 is 17.7 Å². The van der Waals surface area contributed by atoms with Crippen LogP contribution in [0.25, 0.3) is 0 Å². The number of benzene rings is 1. The lowest BCUT2D eigenvalue weighted by Crippen LogP contribution is -2.50. The first-order valence-corrected chi connectivity index (χ1v) is 14.6. The second-order valence-electron chi connectivity index (χ2n) is 11.2. The van der Waals surface area contributed by atoms with Crippen molar-refractivity contribution in [2.75, 3.05) is 51.1 Å². The van der Waals surface area contributed by atoms with E-state index in [1.54, 1.807) is 17.0 Å². The molecule has 1 atom stereocenters. The Kier molecular flexibility index (Phi) is 9.59. The highest BCUT2D eigenvalue weighted by Crippen LogP contribution is 2.19. The van der Waals surface area contributed by atoms with Crippen LogP contribution in [0.3, 0.4) is 0 Å². The zero-order chi connectivity index (χ0) is 28.6. The van der Waals surface area contributed by atoms with Gasteiger partial charge >= 0.3 is 6.09 Å². The molecule has 41 heavy (non-hydrogen) atoms. The van der Waals surface area contributed by atoms with Crippen molar-refractivity contribution < 1.29 is 14.3 Å². The van der Waals surface area contributed by atoms with Gasteiger partial charge in [-0.1, -0.05) is 25.1 Å². The molecule has 1 aromatic carbocycles. The fourth-order valence-corrected chi connectivity index (χ4v) is 5.49. The number of aromatic nitrogens is 2. The monoisotopic (exact) mass is 556 g/mol. The van der Waals surface area contributed by atoms with E-state index in [4.69, 9.17) is 4.74 Å². The van der Waals surface area contributed by atoms with Crippen LogP contribution in [-0.4, -0.2) is 82.5 Å². The van der Waals surface area contributed by atoms with Crippen molar-refractivity contribution in [2.24, 2.45) is 5.92 Å². The van der Waals surface area contributed by atoms with Crippen molar-refractivity contribution in [3.8, 4) is 5.88 Å². The number of likely N-dealkylation sites (tertiary alicyclic amines) is 1. The molecule has 0 bridgehead atoms. The first-order chi connectivity index (χ1) is 19.9. The largest absolute Gasteiger partial charge is 0.416 e. The lowest BCUT2D eigenvalue weighted by molar-refractivity contribution is 0.102. The number of rotatable bonds is 8. The molecule has 2 saturated heterocycles. The maximum absolute atomic E-state index is 12.7. The lowest BCUT2D eigenvalue weighted by atomic mass is 9.99. The van der Waals surface area contributed by atoms with Crippen LogP contribution < -0.4 is 10.1 Å². The van der Waals surface area contributed by atoms with Gasteiger partial charge in [-0.05, 0) is 68.1 Å². The van der Waals surface area contributed by atoms with Gasteiger partial charge < -0.3 is 15.0 Å². The number of nitrogens with one attached hydrogen (secondary N) is 1. The van der Waals surface area contributed by atoms with Crippen LogP contribution in [0, 0.1) is 12.8 Å². The number of nitrogens with zero attached hydrogens (tertiary/aromatic N) is 5. The average molecular weight is 557 g/mol. The molecule has 4 heterocycles. The molecule has 3 aromatic rings. The second kappa shape index (κ2) is 13.7. The number of ether oxygens (including phenoxy) is 1. The summed E-state index contributed by atoms with van der Waals surface area (Å²) in [4.78, 5) is 40.7. The predicted octanol–water partition coefficient (Wildman–Crippen LogP) is 4.63. The Balaban J connectivity index is 1.04. The Labute approximate surface area is 242 Å². The number of carbonyl (C=O) groups is 2. The summed E-state index contributed by atoms with van der Waals surface area (Å²) in [5.41, 5.74) is 4.46. The van der Waals surface area contributed by atoms with E-state index in [1.165, 1.54) is 24.6 Å². The number of piperidine rings is 1. The molecule has 2 aromatic heterocycles. The summed E-state index contributed by atoms with van der Waals surface area (Å²) in [6.07, 6.45) is 4.54. The summed E-state index contributed by atoms with van der Waals surface area (Å²) in [6, 6.07) is 17.2. The van der Waals surface area contributed by atoms with Crippen molar-refractivity contribution in [1.82, 2.24) is 24.7 Å². The lowest BCUT2D eigenvalue weighted by Gasteiger charge is -2.33. The molecule has 216 valence electrons. The molecular formula is C32H40N6O3. The molecular weight excluding hydrogens is 516 g/mol. The third-order valence-corrected chi connectivity index (χ3v) is 7.81. The normalized spacial score (nSPS) is 18.2. The number of amides is 2. The molecule has 5 rings (SSSR count). The Bertz CT molecular complexity index is 1310. The zero-order valence-corrected chi connectivity index (χ0v) is 24.1. The molecule has 1 N–H and O–H groups in total. The summed E-state index contributed by atoms with van der Waals surface area (Å²) in [5.74, 6) is 0.745. The molecule has 2 fully saturated rings. The average Bonchev–Trinajstić information content (AvgIpc) is 2.98. The fourth-order valence-electron chi connectivity index (χ4n) is 5.49. The van der Waals surface area contributed by atoms with Gasteiger partial charge in [-0.25, -0.2) is 9.78 Å². The molecule has 2 aliphatic rings. The summed E-state index contributed by atoms with van der Waals surface area (Å²) < 4.78 is 5.49. The predicted molar refractivity (Wildman–Crippen MR) is 159 cm³/mol. The summed E-state index contributed by atoms with van der Waals surface area (Å²) in [7, 11) is 0. The van der Waals surface area contributed by atoms with Gasteiger partial charge in [-0.15, -0.1) is 0 Å². The highest BCUT2D eigenvalue weighted by molar-refractivity contribution is 6.04. The maximum atomic E-state index is 12.7. The minimum Gasteiger partial charge on any atom is -0.391 e. The Morgan fingerprint density at radius 3 is 2.49 bits per heavy atom. The van der Waals surface area contributed by atoms with Gasteiger partial charge in [0.2, 0.25) is 5.88 Å². The van der Waals surface area contributed by atoms with E-state index in [0.717, 1.165) is 63.0 Å². The number of pyridine rings is 2. The summed E-state index contributed by atoms with van der Waals surface area (Å²) >= 11 is 0. The molecule has 0 spiro atoms. The smallest absolute Gasteiger partial charge is 0.391 e. The summed E-state index contributed by atoms with van der Waals surface area (Å²) in [6.45, 7) is 11.2. The number of aryl methyl sites for hydroxylation is 1. The van der Waals surface area contributed by atoms with Crippen LogP contribution in [0.2, 0.25) is 0 Å². The maximum Gasteiger partial charge on any atom is 0.416 e. The molecule has 9 heteroatoms. The number of hydrogen-bond donors (Lipinski definition) is 1. The van der Waals surface area contributed by atoms with Crippen LogP contribution in [0.1, 0.15) is 47.1 Å². The van der Waals surface area contributed by atoms with Crippen LogP contribution in [0.5, 0.6) is 5.88 Å². The van der Waals surface area contributed by atoms with E-state index in [1.807, 2.05) is 43.3 Å². The van der Waals surface area contributed by atoms with Crippen LogP contribution in [0.4, 0.5) is 10.5 Å². The quantitative estimate of drug-likeness (QED) is 0.433. The van der Waals surface area contributed by atoms with Gasteiger partial charge in [0.1, 0.15) is 0 Å². The highest BCUT2D eigenvalue weighted by atomic mass is 16.6. The standard InChI is InChI=1S/C32H40N6O3/c1-24-5-4-15-37(22-24)23-26-8-10-27(11-9-26)31(39)35-29-12-13-30(33-21-29)41-32(40)38-19-17-36(18-20-38)16-14-28-7-3-6-25(2)34-28/h3,6-13,21,24H,4-5,14-20,22-23H2,1-2H3,(H,35,39). The minimum absolute atomic E-state index is 0.203. The topological polar surface area (TPSA) is 90.9 Å². The van der Waals surface area contributed by atoms with Gasteiger partial charge in [-0.3, -0.25) is 19.6 Å². The molecule has 0 saturated carbocycles. The van der Waals surface area contributed by atoms with Crippen molar-refractivity contribution in [3.63, 3.8) is 0 Å². The Morgan fingerprint density at radius 1 is 0.976 bits per heavy atom. The Hall–Kier alpha value is -3.82. The SMILES string of the molecule is Cc1cccc(CCN2CCN(C(=O)Oc3ccc(NC(=O)c4ccc(CN5CCCC(C)C5)cc4)cn3)CC2)n1. The van der Waals surface area contributed by atoms with Crippen molar-refractivity contribution in [3.05, 3.63) is 83.3 Å². The molecule has 2 aliphatic heterocycles. The fraction of sp³-hybridized carbons (Fsp3) is 0.438. The zero-order valence-electron chi connectivity index (χ0n) is 24.1. The number of carbonyl (C=O) groups excluding carboxylic acids is 2. The van der Waals surface area contributed by atoms with Gasteiger partial charge in [-0.2, -0.15) is 0 Å².